The van der Waals surface area contributed by atoms with E-state index in [2.05, 4.69) is 20.6 Å². The Bertz CT molecular complexity index is 1570. The molecule has 1 saturated heterocycles. The Balaban J connectivity index is 1.19. The van der Waals surface area contributed by atoms with E-state index in [0.29, 0.717) is 24.0 Å². The predicted molar refractivity (Wildman–Crippen MR) is 136 cm³/mol. The van der Waals surface area contributed by atoms with Crippen LogP contribution in [0.2, 0.25) is 0 Å². The first kappa shape index (κ1) is 20.9. The zero-order chi connectivity index (χ0) is 23.8. The Morgan fingerprint density at radius 2 is 1.60 bits per heavy atom. The highest BCUT2D eigenvalue weighted by atomic mass is 16.2. The van der Waals surface area contributed by atoms with Crippen molar-refractivity contribution in [1.29, 1.82) is 0 Å². The number of carbonyl (C=O) groups excluding carboxylic acids is 1. The summed E-state index contributed by atoms with van der Waals surface area (Å²) >= 11 is 0. The topological polar surface area (TPSA) is 95.9 Å². The minimum atomic E-state index is -0.312. The molecule has 8 nitrogen and oxygen atoms in total. The number of aromatic nitrogens is 4. The van der Waals surface area contributed by atoms with Gasteiger partial charge in [0.2, 0.25) is 5.91 Å². The Hall–Kier alpha value is -4.72. The van der Waals surface area contributed by atoms with Gasteiger partial charge in [0.1, 0.15) is 6.04 Å². The third kappa shape index (κ3) is 3.85. The van der Waals surface area contributed by atoms with Crippen LogP contribution in [0.4, 0.5) is 11.4 Å². The molecule has 1 aliphatic rings. The van der Waals surface area contributed by atoms with Crippen molar-refractivity contribution in [3.8, 4) is 16.9 Å². The number of carbonyl (C=O) groups is 1. The van der Waals surface area contributed by atoms with Gasteiger partial charge < -0.3 is 10.2 Å². The van der Waals surface area contributed by atoms with Crippen LogP contribution in [-0.2, 0) is 4.79 Å². The second-order valence-corrected chi connectivity index (χ2v) is 8.48. The summed E-state index contributed by atoms with van der Waals surface area (Å²) in [6, 6.07) is 24.6. The van der Waals surface area contributed by atoms with Gasteiger partial charge in [-0.05, 0) is 36.8 Å². The van der Waals surface area contributed by atoms with Crippen LogP contribution in [0.25, 0.3) is 27.7 Å². The Morgan fingerprint density at radius 3 is 2.40 bits per heavy atom. The maximum Gasteiger partial charge on any atom is 0.272 e. The zero-order valence-electron chi connectivity index (χ0n) is 18.8. The van der Waals surface area contributed by atoms with Crippen LogP contribution >= 0.6 is 0 Å². The number of hydrogen-bond acceptors (Lipinski definition) is 5. The molecule has 172 valence electrons. The number of anilines is 2. The van der Waals surface area contributed by atoms with Crippen LogP contribution in [0.5, 0.6) is 0 Å². The van der Waals surface area contributed by atoms with E-state index in [-0.39, 0.29) is 17.5 Å². The molecule has 35 heavy (non-hydrogen) atoms. The lowest BCUT2D eigenvalue weighted by Gasteiger charge is -2.18. The summed E-state index contributed by atoms with van der Waals surface area (Å²) in [5.41, 5.74) is 3.96. The van der Waals surface area contributed by atoms with Gasteiger partial charge in [0, 0.05) is 23.2 Å². The van der Waals surface area contributed by atoms with Crippen LogP contribution in [0, 0.1) is 0 Å². The summed E-state index contributed by atoms with van der Waals surface area (Å²) in [5.74, 6) is 0.0258. The molecule has 5 aromatic rings. The Kier molecular flexibility index (Phi) is 5.11. The number of para-hydroxylation sites is 1. The highest BCUT2D eigenvalue weighted by Crippen LogP contribution is 2.29. The monoisotopic (exact) mass is 462 g/mol. The van der Waals surface area contributed by atoms with Crippen LogP contribution in [0.1, 0.15) is 6.42 Å². The average Bonchev–Trinajstić information content (AvgIpc) is 3.52. The lowest BCUT2D eigenvalue weighted by atomic mass is 10.0. The number of amides is 1. The molecule has 2 aromatic heterocycles. The van der Waals surface area contributed by atoms with E-state index in [0.717, 1.165) is 28.0 Å². The molecule has 1 fully saturated rings. The van der Waals surface area contributed by atoms with E-state index in [4.69, 9.17) is 0 Å². The van der Waals surface area contributed by atoms with Crippen LogP contribution in [0.3, 0.4) is 0 Å². The van der Waals surface area contributed by atoms with Crippen molar-refractivity contribution in [2.24, 2.45) is 0 Å². The maximum atomic E-state index is 13.1. The van der Waals surface area contributed by atoms with Crippen LogP contribution in [-0.4, -0.2) is 38.5 Å². The fraction of sp³-hybridized carbons (Fsp3) is 0.111. The molecule has 2 N–H and O–H groups in total. The van der Waals surface area contributed by atoms with Crippen LogP contribution in [0.15, 0.2) is 96.1 Å². The number of H-pyrrole nitrogens is 1. The van der Waals surface area contributed by atoms with E-state index in [1.807, 2.05) is 79.0 Å². The molecular weight excluding hydrogens is 440 g/mol. The van der Waals surface area contributed by atoms with Crippen molar-refractivity contribution in [1.82, 2.24) is 20.0 Å². The van der Waals surface area contributed by atoms with Gasteiger partial charge in [0.25, 0.3) is 5.56 Å². The zero-order valence-corrected chi connectivity index (χ0v) is 18.8. The maximum absolute atomic E-state index is 13.1. The summed E-state index contributed by atoms with van der Waals surface area (Å²) in [6.07, 6.45) is 4.32. The van der Waals surface area contributed by atoms with Crippen molar-refractivity contribution < 1.29 is 4.79 Å². The number of nitrogens with one attached hydrogen (secondary N) is 2. The van der Waals surface area contributed by atoms with E-state index >= 15 is 0 Å². The van der Waals surface area contributed by atoms with Crippen molar-refractivity contribution in [2.45, 2.75) is 12.5 Å². The molecule has 0 saturated carbocycles. The minimum Gasteiger partial charge on any atom is -0.371 e. The number of aromatic amines is 1. The quantitative estimate of drug-likeness (QED) is 0.412. The lowest BCUT2D eigenvalue weighted by molar-refractivity contribution is -0.117. The lowest BCUT2D eigenvalue weighted by Crippen LogP contribution is -2.33. The average molecular weight is 463 g/mol. The molecular formula is C27H22N6O2. The first-order chi connectivity index (χ1) is 17.2. The van der Waals surface area contributed by atoms with Gasteiger partial charge in [-0.2, -0.15) is 10.2 Å². The standard InChI is InChI=1S/C27H22N6O2/c34-26-23-9-5-4-8-22(23)25(30-31-26)18-10-12-20(13-11-18)32-15-14-24(27(32)35)29-19-16-28-33(17-19)21-6-2-1-3-7-21/h1-13,16-17,24,29H,14-15H2,(H,31,34). The van der Waals surface area contributed by atoms with Crippen molar-refractivity contribution in [2.75, 3.05) is 16.8 Å². The molecule has 3 heterocycles. The number of fused-ring (bicyclic) bond motifs is 1. The molecule has 1 aliphatic heterocycles. The van der Waals surface area contributed by atoms with Gasteiger partial charge in [-0.3, -0.25) is 9.59 Å². The van der Waals surface area contributed by atoms with Crippen molar-refractivity contribution >= 4 is 28.1 Å². The second-order valence-electron chi connectivity index (χ2n) is 8.48. The highest BCUT2D eigenvalue weighted by molar-refractivity contribution is 6.01. The molecule has 1 amide bonds. The summed E-state index contributed by atoms with van der Waals surface area (Å²) in [5, 5.41) is 16.0. The highest BCUT2D eigenvalue weighted by Gasteiger charge is 2.32. The summed E-state index contributed by atoms with van der Waals surface area (Å²) in [6.45, 7) is 0.627. The fourth-order valence-corrected chi connectivity index (χ4v) is 4.52. The fourth-order valence-electron chi connectivity index (χ4n) is 4.52. The third-order valence-corrected chi connectivity index (χ3v) is 6.30. The molecule has 0 spiro atoms. The van der Waals surface area contributed by atoms with Gasteiger partial charge in [-0.25, -0.2) is 9.78 Å². The van der Waals surface area contributed by atoms with E-state index in [9.17, 15) is 9.59 Å². The van der Waals surface area contributed by atoms with Crippen molar-refractivity contribution in [3.05, 3.63) is 102 Å². The third-order valence-electron chi connectivity index (χ3n) is 6.30. The van der Waals surface area contributed by atoms with Gasteiger partial charge in [-0.1, -0.05) is 48.5 Å². The Morgan fingerprint density at radius 1 is 0.857 bits per heavy atom. The number of nitrogens with zero attached hydrogens (tertiary/aromatic N) is 4. The first-order valence-electron chi connectivity index (χ1n) is 11.4. The molecule has 0 radical (unpaired) electrons. The molecule has 0 aliphatic carbocycles. The Labute approximate surface area is 200 Å². The van der Waals surface area contributed by atoms with Gasteiger partial charge in [0.15, 0.2) is 0 Å². The summed E-state index contributed by atoms with van der Waals surface area (Å²) < 4.78 is 1.78. The summed E-state index contributed by atoms with van der Waals surface area (Å²) in [7, 11) is 0. The van der Waals surface area contributed by atoms with Crippen molar-refractivity contribution in [3.63, 3.8) is 0 Å². The van der Waals surface area contributed by atoms with Gasteiger partial charge in [0.05, 0.1) is 34.8 Å². The number of rotatable bonds is 5. The normalized spacial score (nSPS) is 15.6. The molecule has 1 unspecified atom stereocenters. The van der Waals surface area contributed by atoms with Gasteiger partial charge >= 0.3 is 0 Å². The SMILES string of the molecule is O=C1C(Nc2cnn(-c3ccccc3)c2)CCN1c1ccc(-c2n[nH]c(=O)c3ccccc23)cc1. The van der Waals surface area contributed by atoms with Crippen LogP contribution < -0.4 is 15.8 Å². The molecule has 6 rings (SSSR count). The summed E-state index contributed by atoms with van der Waals surface area (Å²) in [4.78, 5) is 27.0. The van der Waals surface area contributed by atoms with E-state index in [1.165, 1.54) is 0 Å². The van der Waals surface area contributed by atoms with E-state index in [1.54, 1.807) is 21.8 Å². The first-order valence-corrected chi connectivity index (χ1v) is 11.4. The predicted octanol–water partition coefficient (Wildman–Crippen LogP) is 3.99. The largest absolute Gasteiger partial charge is 0.371 e. The number of hydrogen-bond donors (Lipinski definition) is 2. The molecule has 0 bridgehead atoms. The molecule has 8 heteroatoms. The molecule has 3 aromatic carbocycles. The smallest absolute Gasteiger partial charge is 0.272 e. The second kappa shape index (κ2) is 8.57. The van der Waals surface area contributed by atoms with E-state index < -0.39 is 0 Å². The van der Waals surface area contributed by atoms with Gasteiger partial charge in [-0.15, -0.1) is 0 Å². The minimum absolute atomic E-state index is 0.0258. The molecule has 1 atom stereocenters. The number of benzene rings is 3.